The van der Waals surface area contributed by atoms with Crippen LogP contribution < -0.4 is 16.4 Å². The Balaban J connectivity index is 2.09. The van der Waals surface area contributed by atoms with Gasteiger partial charge < -0.3 is 16.4 Å². The van der Waals surface area contributed by atoms with Crippen LogP contribution >= 0.6 is 11.3 Å². The second kappa shape index (κ2) is 4.96. The van der Waals surface area contributed by atoms with Gasteiger partial charge in [-0.2, -0.15) is 9.97 Å². The van der Waals surface area contributed by atoms with Gasteiger partial charge in [0, 0.05) is 18.0 Å². The van der Waals surface area contributed by atoms with Crippen LogP contribution in [0.4, 0.5) is 17.6 Å². The maximum atomic E-state index is 5.60. The number of nitrogens with one attached hydrogen (secondary N) is 2. The van der Waals surface area contributed by atoms with Gasteiger partial charge in [0.05, 0.1) is 17.7 Å². The molecule has 7 heteroatoms. The molecule has 90 valence electrons. The van der Waals surface area contributed by atoms with Crippen LogP contribution in [0.3, 0.4) is 0 Å². The summed E-state index contributed by atoms with van der Waals surface area (Å²) >= 11 is 1.62. The first kappa shape index (κ1) is 11.6. The molecule has 0 radical (unpaired) electrons. The quantitative estimate of drug-likeness (QED) is 0.761. The lowest BCUT2D eigenvalue weighted by molar-refractivity contribution is 1.08. The van der Waals surface area contributed by atoms with Crippen LogP contribution in [0.25, 0.3) is 0 Å². The average Bonchev–Trinajstić information content (AvgIpc) is 2.71. The highest BCUT2D eigenvalue weighted by molar-refractivity contribution is 7.09. The summed E-state index contributed by atoms with van der Waals surface area (Å²) in [4.78, 5) is 13.5. The second-order valence-corrected chi connectivity index (χ2v) is 4.40. The van der Waals surface area contributed by atoms with E-state index in [-0.39, 0.29) is 5.95 Å². The smallest absolute Gasteiger partial charge is 0.223 e. The molecular weight excluding hydrogens is 236 g/mol. The molecule has 0 aliphatic carbocycles. The number of anilines is 3. The van der Waals surface area contributed by atoms with Crippen molar-refractivity contribution in [3.05, 3.63) is 22.1 Å². The lowest BCUT2D eigenvalue weighted by Crippen LogP contribution is -2.06. The summed E-state index contributed by atoms with van der Waals surface area (Å²) in [5.74, 6) is 1.65. The van der Waals surface area contributed by atoms with Gasteiger partial charge >= 0.3 is 0 Å². The Hall–Kier alpha value is -1.89. The van der Waals surface area contributed by atoms with Gasteiger partial charge in [0.25, 0.3) is 0 Å². The van der Waals surface area contributed by atoms with Crippen LogP contribution in [0.1, 0.15) is 10.6 Å². The Bertz CT molecular complexity index is 509. The molecule has 0 saturated carbocycles. The van der Waals surface area contributed by atoms with Gasteiger partial charge in [-0.1, -0.05) is 0 Å². The standard InChI is InChI=1S/C10H14N6S/c1-6-7(17-5-14-6)4-13-9-3-8(12-2)15-10(11)16-9/h3,5H,4H2,1-2H3,(H4,11,12,13,15,16). The van der Waals surface area contributed by atoms with Crippen molar-refractivity contribution in [3.63, 3.8) is 0 Å². The number of thiazole rings is 1. The van der Waals surface area contributed by atoms with E-state index >= 15 is 0 Å². The molecule has 0 aliphatic heterocycles. The highest BCUT2D eigenvalue weighted by atomic mass is 32.1. The number of nitrogens with zero attached hydrogens (tertiary/aromatic N) is 3. The molecule has 0 aromatic carbocycles. The number of aromatic nitrogens is 3. The first-order chi connectivity index (χ1) is 8.19. The van der Waals surface area contributed by atoms with Crippen LogP contribution in [0.15, 0.2) is 11.6 Å². The van der Waals surface area contributed by atoms with Gasteiger partial charge in [-0.25, -0.2) is 4.98 Å². The first-order valence-corrected chi connectivity index (χ1v) is 6.02. The molecule has 2 aromatic heterocycles. The van der Waals surface area contributed by atoms with Crippen LogP contribution in [0.2, 0.25) is 0 Å². The number of rotatable bonds is 4. The molecule has 17 heavy (non-hydrogen) atoms. The largest absolute Gasteiger partial charge is 0.373 e. The molecule has 2 heterocycles. The molecule has 0 bridgehead atoms. The van der Waals surface area contributed by atoms with Crippen molar-refractivity contribution < 1.29 is 0 Å². The minimum Gasteiger partial charge on any atom is -0.373 e. The molecule has 4 N–H and O–H groups in total. The number of nitrogens with two attached hydrogens (primary N) is 1. The summed E-state index contributed by atoms with van der Waals surface area (Å²) in [5, 5.41) is 6.13. The zero-order valence-electron chi connectivity index (χ0n) is 9.69. The highest BCUT2D eigenvalue weighted by Gasteiger charge is 2.04. The van der Waals surface area contributed by atoms with Crippen LogP contribution in [-0.2, 0) is 6.54 Å². The summed E-state index contributed by atoms with van der Waals surface area (Å²) in [6, 6.07) is 1.81. The van der Waals surface area contributed by atoms with E-state index in [1.807, 2.05) is 18.5 Å². The van der Waals surface area contributed by atoms with Crippen molar-refractivity contribution in [1.29, 1.82) is 0 Å². The molecule has 0 unspecified atom stereocenters. The fourth-order valence-corrected chi connectivity index (χ4v) is 2.07. The van der Waals surface area contributed by atoms with E-state index in [9.17, 15) is 0 Å². The van der Waals surface area contributed by atoms with Gasteiger partial charge in [-0.15, -0.1) is 11.3 Å². The van der Waals surface area contributed by atoms with Gasteiger partial charge in [0.2, 0.25) is 5.95 Å². The van der Waals surface area contributed by atoms with Gasteiger partial charge in [-0.05, 0) is 6.92 Å². The molecule has 6 nitrogen and oxygen atoms in total. The predicted octanol–water partition coefficient (Wildman–Crippen LogP) is 1.48. The molecule has 0 atom stereocenters. The monoisotopic (exact) mass is 250 g/mol. The lowest BCUT2D eigenvalue weighted by atomic mass is 10.4. The zero-order valence-corrected chi connectivity index (χ0v) is 10.5. The highest BCUT2D eigenvalue weighted by Crippen LogP contribution is 2.16. The summed E-state index contributed by atoms with van der Waals surface area (Å²) < 4.78 is 0. The Morgan fingerprint density at radius 3 is 2.76 bits per heavy atom. The molecule has 2 aromatic rings. The van der Waals surface area contributed by atoms with E-state index in [0.717, 1.165) is 5.69 Å². The Morgan fingerprint density at radius 1 is 1.35 bits per heavy atom. The molecular formula is C10H14N6S. The minimum atomic E-state index is 0.250. The second-order valence-electron chi connectivity index (χ2n) is 3.46. The zero-order chi connectivity index (χ0) is 12.3. The molecule has 2 rings (SSSR count). The van der Waals surface area contributed by atoms with E-state index < -0.39 is 0 Å². The normalized spacial score (nSPS) is 10.2. The first-order valence-electron chi connectivity index (χ1n) is 5.14. The maximum absolute atomic E-state index is 5.60. The van der Waals surface area contributed by atoms with Crippen molar-refractivity contribution in [1.82, 2.24) is 15.0 Å². The van der Waals surface area contributed by atoms with E-state index in [0.29, 0.717) is 18.2 Å². The van der Waals surface area contributed by atoms with E-state index in [1.54, 1.807) is 18.4 Å². The minimum absolute atomic E-state index is 0.250. The summed E-state index contributed by atoms with van der Waals surface area (Å²) in [7, 11) is 1.79. The molecule has 0 amide bonds. The van der Waals surface area contributed by atoms with Gasteiger partial charge in [0.15, 0.2) is 0 Å². The third-order valence-corrected chi connectivity index (χ3v) is 3.21. The lowest BCUT2D eigenvalue weighted by Gasteiger charge is -2.07. The summed E-state index contributed by atoms with van der Waals surface area (Å²) in [5.41, 5.74) is 8.48. The Morgan fingerprint density at radius 2 is 2.12 bits per heavy atom. The van der Waals surface area contributed by atoms with Crippen LogP contribution in [0, 0.1) is 6.92 Å². The van der Waals surface area contributed by atoms with E-state index in [4.69, 9.17) is 5.73 Å². The average molecular weight is 250 g/mol. The fourth-order valence-electron chi connectivity index (χ4n) is 1.35. The third kappa shape index (κ3) is 2.82. The van der Waals surface area contributed by atoms with Crippen LogP contribution in [-0.4, -0.2) is 22.0 Å². The fraction of sp³-hybridized carbons (Fsp3) is 0.300. The van der Waals surface area contributed by atoms with Gasteiger partial charge in [0.1, 0.15) is 11.6 Å². The third-order valence-electron chi connectivity index (χ3n) is 2.27. The van der Waals surface area contributed by atoms with Gasteiger partial charge in [-0.3, -0.25) is 0 Å². The van der Waals surface area contributed by atoms with Crippen molar-refractivity contribution in [3.8, 4) is 0 Å². The predicted molar refractivity (Wildman–Crippen MR) is 70.2 cm³/mol. The maximum Gasteiger partial charge on any atom is 0.223 e. The summed E-state index contributed by atoms with van der Waals surface area (Å²) in [6.45, 7) is 2.68. The summed E-state index contributed by atoms with van der Waals surface area (Å²) in [6.07, 6.45) is 0. The van der Waals surface area contributed by atoms with Crippen molar-refractivity contribution in [2.45, 2.75) is 13.5 Å². The Labute approximate surface area is 103 Å². The van der Waals surface area contributed by atoms with E-state index in [1.165, 1.54) is 4.88 Å². The number of hydrogen-bond acceptors (Lipinski definition) is 7. The molecule has 0 fully saturated rings. The number of aryl methyl sites for hydroxylation is 1. The van der Waals surface area contributed by atoms with Crippen molar-refractivity contribution in [2.75, 3.05) is 23.4 Å². The number of hydrogen-bond donors (Lipinski definition) is 3. The van der Waals surface area contributed by atoms with Crippen LogP contribution in [0.5, 0.6) is 0 Å². The topological polar surface area (TPSA) is 88.8 Å². The SMILES string of the molecule is CNc1cc(NCc2scnc2C)nc(N)n1. The molecule has 0 saturated heterocycles. The van der Waals surface area contributed by atoms with Crippen molar-refractivity contribution in [2.24, 2.45) is 0 Å². The molecule has 0 aliphatic rings. The van der Waals surface area contributed by atoms with E-state index in [2.05, 4.69) is 25.6 Å². The van der Waals surface area contributed by atoms with Crippen molar-refractivity contribution >= 4 is 28.9 Å². The molecule has 0 spiro atoms. The number of nitrogen functional groups attached to an aromatic ring is 1. The Kier molecular flexibility index (Phi) is 3.38.